The van der Waals surface area contributed by atoms with E-state index in [1.54, 1.807) is 0 Å². The Balaban J connectivity index is 2.21. The van der Waals surface area contributed by atoms with Crippen molar-refractivity contribution in [3.8, 4) is 23.7 Å². The standard InChI is InChI=1S/C23H21Cl/c1-19-6-10-22(11-7-19)16-14-21(5-3-4-18-24)15-17-23-12-8-20(2)9-13-23/h5-13H,3-4,18H2,1-2H3. The van der Waals surface area contributed by atoms with Gasteiger partial charge in [0.1, 0.15) is 0 Å². The highest BCUT2D eigenvalue weighted by Gasteiger charge is 1.91. The number of benzene rings is 2. The summed E-state index contributed by atoms with van der Waals surface area (Å²) in [7, 11) is 0. The molecule has 24 heavy (non-hydrogen) atoms. The first kappa shape index (κ1) is 17.9. The Morgan fingerprint density at radius 2 is 1.29 bits per heavy atom. The van der Waals surface area contributed by atoms with E-state index in [-0.39, 0.29) is 0 Å². The van der Waals surface area contributed by atoms with Gasteiger partial charge in [0.05, 0.1) is 5.57 Å². The van der Waals surface area contributed by atoms with Crippen LogP contribution in [0.1, 0.15) is 35.1 Å². The van der Waals surface area contributed by atoms with Crippen LogP contribution in [0, 0.1) is 37.5 Å². The lowest BCUT2D eigenvalue weighted by Gasteiger charge is -1.94. The van der Waals surface area contributed by atoms with Gasteiger partial charge in [0, 0.05) is 17.0 Å². The Bertz CT molecular complexity index is 735. The number of hydrogen-bond donors (Lipinski definition) is 0. The number of alkyl halides is 1. The van der Waals surface area contributed by atoms with Crippen LogP contribution in [0.25, 0.3) is 0 Å². The number of hydrogen-bond acceptors (Lipinski definition) is 0. The molecule has 0 aliphatic carbocycles. The van der Waals surface area contributed by atoms with Crippen molar-refractivity contribution in [2.75, 3.05) is 5.88 Å². The van der Waals surface area contributed by atoms with Crippen LogP contribution in [-0.2, 0) is 0 Å². The van der Waals surface area contributed by atoms with Crippen LogP contribution in [0.4, 0.5) is 0 Å². The first-order valence-corrected chi connectivity index (χ1v) is 8.64. The zero-order chi connectivity index (χ0) is 17.2. The fourth-order valence-corrected chi connectivity index (χ4v) is 2.16. The molecule has 1 heteroatoms. The van der Waals surface area contributed by atoms with Crippen LogP contribution in [0.5, 0.6) is 0 Å². The van der Waals surface area contributed by atoms with E-state index in [0.717, 1.165) is 29.5 Å². The third kappa shape index (κ3) is 6.37. The molecule has 0 aliphatic heterocycles. The Hall–Kier alpha value is -2.41. The quantitative estimate of drug-likeness (QED) is 0.387. The molecule has 0 fully saturated rings. The van der Waals surface area contributed by atoms with Crippen LogP contribution in [0.3, 0.4) is 0 Å². The van der Waals surface area contributed by atoms with Crippen molar-refractivity contribution < 1.29 is 0 Å². The number of aryl methyl sites for hydroxylation is 2. The molecule has 0 bridgehead atoms. The van der Waals surface area contributed by atoms with Crippen molar-refractivity contribution in [1.82, 2.24) is 0 Å². The van der Waals surface area contributed by atoms with E-state index < -0.39 is 0 Å². The van der Waals surface area contributed by atoms with Crippen molar-refractivity contribution in [3.63, 3.8) is 0 Å². The van der Waals surface area contributed by atoms with Gasteiger partial charge in [-0.3, -0.25) is 0 Å². The molecule has 0 N–H and O–H groups in total. The summed E-state index contributed by atoms with van der Waals surface area (Å²) in [6.45, 7) is 4.14. The van der Waals surface area contributed by atoms with E-state index in [1.807, 2.05) is 24.3 Å². The van der Waals surface area contributed by atoms with Gasteiger partial charge in [-0.25, -0.2) is 0 Å². The summed E-state index contributed by atoms with van der Waals surface area (Å²) >= 11 is 5.76. The third-order valence-electron chi connectivity index (χ3n) is 3.47. The third-order valence-corrected chi connectivity index (χ3v) is 3.74. The molecular weight excluding hydrogens is 312 g/mol. The minimum Gasteiger partial charge on any atom is -0.127 e. The maximum Gasteiger partial charge on any atom is 0.0711 e. The van der Waals surface area contributed by atoms with E-state index in [9.17, 15) is 0 Å². The average molecular weight is 333 g/mol. The smallest absolute Gasteiger partial charge is 0.0711 e. The highest BCUT2D eigenvalue weighted by molar-refractivity contribution is 6.17. The number of halogens is 1. The van der Waals surface area contributed by atoms with Gasteiger partial charge in [0.15, 0.2) is 0 Å². The molecule has 2 rings (SSSR count). The molecule has 120 valence electrons. The first-order chi connectivity index (χ1) is 11.7. The zero-order valence-corrected chi connectivity index (χ0v) is 15.0. The molecule has 2 aromatic rings. The van der Waals surface area contributed by atoms with Crippen molar-refractivity contribution >= 4 is 11.6 Å². The van der Waals surface area contributed by atoms with E-state index in [0.29, 0.717) is 5.88 Å². The predicted molar refractivity (Wildman–Crippen MR) is 104 cm³/mol. The molecule has 0 aromatic heterocycles. The van der Waals surface area contributed by atoms with Crippen molar-refractivity contribution in [3.05, 3.63) is 82.4 Å². The maximum absolute atomic E-state index is 5.76. The van der Waals surface area contributed by atoms with Crippen molar-refractivity contribution in [2.45, 2.75) is 26.7 Å². The van der Waals surface area contributed by atoms with Gasteiger partial charge in [0.25, 0.3) is 0 Å². The van der Waals surface area contributed by atoms with Gasteiger partial charge >= 0.3 is 0 Å². The normalized spacial score (nSPS) is 9.29. The lowest BCUT2D eigenvalue weighted by Crippen LogP contribution is -1.81. The van der Waals surface area contributed by atoms with Crippen LogP contribution in [0.2, 0.25) is 0 Å². The summed E-state index contributed by atoms with van der Waals surface area (Å²) in [5.74, 6) is 13.4. The fourth-order valence-electron chi connectivity index (χ4n) is 2.01. The van der Waals surface area contributed by atoms with Gasteiger partial charge in [0.2, 0.25) is 0 Å². The minimum atomic E-state index is 0.653. The molecule has 0 saturated heterocycles. The summed E-state index contributed by atoms with van der Waals surface area (Å²) in [6.07, 6.45) is 3.90. The van der Waals surface area contributed by atoms with E-state index in [2.05, 4.69) is 67.9 Å². The largest absolute Gasteiger partial charge is 0.127 e. The Labute approximate surface area is 150 Å². The van der Waals surface area contributed by atoms with Crippen LogP contribution >= 0.6 is 11.6 Å². The van der Waals surface area contributed by atoms with E-state index in [1.165, 1.54) is 11.1 Å². The Kier molecular flexibility index (Phi) is 7.22. The lowest BCUT2D eigenvalue weighted by atomic mass is 10.1. The highest BCUT2D eigenvalue weighted by atomic mass is 35.5. The molecule has 0 nitrogen and oxygen atoms in total. The van der Waals surface area contributed by atoms with Gasteiger partial charge in [-0.1, -0.05) is 65.2 Å². The SMILES string of the molecule is Cc1ccc(C#CC(C#Cc2ccc(C)cc2)=CCCCCl)cc1. The number of allylic oxidation sites excluding steroid dienone is 2. The molecule has 0 saturated carbocycles. The molecule has 0 amide bonds. The van der Waals surface area contributed by atoms with Crippen LogP contribution in [0.15, 0.2) is 60.2 Å². The van der Waals surface area contributed by atoms with E-state index >= 15 is 0 Å². The summed E-state index contributed by atoms with van der Waals surface area (Å²) in [4.78, 5) is 0. The van der Waals surface area contributed by atoms with Crippen LogP contribution in [-0.4, -0.2) is 5.88 Å². The second-order valence-corrected chi connectivity index (χ2v) is 6.06. The Morgan fingerprint density at radius 1 is 0.833 bits per heavy atom. The second-order valence-electron chi connectivity index (χ2n) is 5.68. The topological polar surface area (TPSA) is 0 Å². The molecule has 2 aromatic carbocycles. The van der Waals surface area contributed by atoms with Crippen LogP contribution < -0.4 is 0 Å². The number of rotatable bonds is 3. The molecule has 0 radical (unpaired) electrons. The number of unbranched alkanes of at least 4 members (excludes halogenated alkanes) is 1. The summed E-state index contributed by atoms with van der Waals surface area (Å²) in [5, 5.41) is 0. The summed E-state index contributed by atoms with van der Waals surface area (Å²) < 4.78 is 0. The monoisotopic (exact) mass is 332 g/mol. The molecular formula is C23H21Cl. The molecule has 0 aliphatic rings. The van der Waals surface area contributed by atoms with E-state index in [4.69, 9.17) is 11.6 Å². The van der Waals surface area contributed by atoms with Gasteiger partial charge in [-0.15, -0.1) is 11.6 Å². The average Bonchev–Trinajstić information content (AvgIpc) is 2.60. The fraction of sp³-hybridized carbons (Fsp3) is 0.217. The van der Waals surface area contributed by atoms with Crippen molar-refractivity contribution in [1.29, 1.82) is 0 Å². The Morgan fingerprint density at radius 3 is 1.71 bits per heavy atom. The minimum absolute atomic E-state index is 0.653. The van der Waals surface area contributed by atoms with Gasteiger partial charge in [-0.05, 0) is 51.0 Å². The van der Waals surface area contributed by atoms with Crippen molar-refractivity contribution in [2.24, 2.45) is 0 Å². The lowest BCUT2D eigenvalue weighted by molar-refractivity contribution is 0.964. The highest BCUT2D eigenvalue weighted by Crippen LogP contribution is 2.05. The molecule has 0 atom stereocenters. The maximum atomic E-state index is 5.76. The molecule has 0 spiro atoms. The summed E-state index contributed by atoms with van der Waals surface area (Å²) in [6, 6.07) is 16.4. The van der Waals surface area contributed by atoms with Gasteiger partial charge < -0.3 is 0 Å². The first-order valence-electron chi connectivity index (χ1n) is 8.11. The zero-order valence-electron chi connectivity index (χ0n) is 14.2. The molecule has 0 heterocycles. The predicted octanol–water partition coefficient (Wildman–Crippen LogP) is 5.65. The van der Waals surface area contributed by atoms with Gasteiger partial charge in [-0.2, -0.15) is 0 Å². The molecule has 0 unspecified atom stereocenters. The summed E-state index contributed by atoms with van der Waals surface area (Å²) in [5.41, 5.74) is 5.32. The second kappa shape index (κ2) is 9.67.